The zero-order chi connectivity index (χ0) is 17.3. The first kappa shape index (κ1) is 16.2. The number of rotatable bonds is 3. The number of carbonyl (C=O) groups is 1. The monoisotopic (exact) mass is 335 g/mol. The second kappa shape index (κ2) is 6.55. The number of nitrogens with two attached hydrogens (primary N) is 1. The number of primary amides is 1. The van der Waals surface area contributed by atoms with E-state index < -0.39 is 5.60 Å². The molecule has 0 spiro atoms. The van der Waals surface area contributed by atoms with Gasteiger partial charge in [0.1, 0.15) is 5.75 Å². The molecule has 3 atom stereocenters. The van der Waals surface area contributed by atoms with E-state index in [0.717, 1.165) is 31.4 Å². The van der Waals surface area contributed by atoms with E-state index in [1.54, 1.807) is 0 Å². The molecule has 0 radical (unpaired) electrons. The number of ether oxygens (including phenoxy) is 1. The van der Waals surface area contributed by atoms with Crippen molar-refractivity contribution in [3.63, 3.8) is 0 Å². The van der Waals surface area contributed by atoms with Crippen LogP contribution >= 0.6 is 0 Å². The van der Waals surface area contributed by atoms with Gasteiger partial charge in [-0.05, 0) is 42.4 Å². The van der Waals surface area contributed by atoms with Crippen LogP contribution < -0.4 is 10.5 Å². The Morgan fingerprint density at radius 3 is 2.52 bits per heavy atom. The summed E-state index contributed by atoms with van der Waals surface area (Å²) in [4.78, 5) is 12.7. The van der Waals surface area contributed by atoms with Crippen LogP contribution in [-0.2, 0) is 11.2 Å². The number of carbonyl (C=O) groups excluding carboxylic acids is 1. The van der Waals surface area contributed by atoms with Crippen LogP contribution in [0.2, 0.25) is 0 Å². The first-order valence-corrected chi connectivity index (χ1v) is 9.32. The summed E-state index contributed by atoms with van der Waals surface area (Å²) >= 11 is 0. The summed E-state index contributed by atoms with van der Waals surface area (Å²) in [7, 11) is 0. The Morgan fingerprint density at radius 2 is 1.72 bits per heavy atom. The molecule has 4 rings (SSSR count). The van der Waals surface area contributed by atoms with Gasteiger partial charge in [0.05, 0.1) is 0 Å². The van der Waals surface area contributed by atoms with Gasteiger partial charge in [-0.3, -0.25) is 4.79 Å². The summed E-state index contributed by atoms with van der Waals surface area (Å²) in [6.07, 6.45) is 5.93. The molecule has 1 saturated carbocycles. The van der Waals surface area contributed by atoms with E-state index >= 15 is 0 Å². The van der Waals surface area contributed by atoms with Crippen LogP contribution in [0.4, 0.5) is 0 Å². The molecule has 3 heteroatoms. The minimum atomic E-state index is -0.894. The second-order valence-electron chi connectivity index (χ2n) is 7.37. The van der Waals surface area contributed by atoms with E-state index in [-0.39, 0.29) is 11.8 Å². The molecule has 1 fully saturated rings. The van der Waals surface area contributed by atoms with Crippen LogP contribution in [0.15, 0.2) is 54.6 Å². The van der Waals surface area contributed by atoms with Crippen molar-refractivity contribution in [3.8, 4) is 5.75 Å². The quantitative estimate of drug-likeness (QED) is 0.913. The molecule has 1 amide bonds. The smallest absolute Gasteiger partial charge is 0.261 e. The Balaban J connectivity index is 1.74. The van der Waals surface area contributed by atoms with E-state index in [9.17, 15) is 4.79 Å². The third kappa shape index (κ3) is 2.82. The molecule has 2 aromatic carbocycles. The number of hydrogen-bond acceptors (Lipinski definition) is 2. The van der Waals surface area contributed by atoms with E-state index in [1.165, 1.54) is 17.5 Å². The number of benzene rings is 2. The highest BCUT2D eigenvalue weighted by Crippen LogP contribution is 2.48. The fourth-order valence-electron chi connectivity index (χ4n) is 4.78. The van der Waals surface area contributed by atoms with Crippen molar-refractivity contribution in [3.05, 3.63) is 65.7 Å². The molecule has 25 heavy (non-hydrogen) atoms. The summed E-state index contributed by atoms with van der Waals surface area (Å²) < 4.78 is 6.40. The van der Waals surface area contributed by atoms with Crippen LogP contribution in [0.1, 0.15) is 49.1 Å². The van der Waals surface area contributed by atoms with Crippen LogP contribution in [0.25, 0.3) is 0 Å². The SMILES string of the molecule is NC(=O)C1([C@H]2CCCC[C@H]2c2ccccc2)CCc2ccccc2O1. The summed E-state index contributed by atoms with van der Waals surface area (Å²) in [5.74, 6) is 0.974. The zero-order valence-electron chi connectivity index (χ0n) is 14.5. The molecule has 3 nitrogen and oxygen atoms in total. The Kier molecular flexibility index (Phi) is 4.24. The molecule has 1 aliphatic carbocycles. The predicted octanol–water partition coefficient (Wildman–Crippen LogP) is 4.21. The Labute approximate surface area is 149 Å². The lowest BCUT2D eigenvalue weighted by Crippen LogP contribution is -2.58. The molecule has 0 saturated heterocycles. The van der Waals surface area contributed by atoms with Gasteiger partial charge in [-0.2, -0.15) is 0 Å². The lowest BCUT2D eigenvalue weighted by Gasteiger charge is -2.46. The maximum absolute atomic E-state index is 12.7. The minimum Gasteiger partial charge on any atom is -0.477 e. The topological polar surface area (TPSA) is 52.3 Å². The summed E-state index contributed by atoms with van der Waals surface area (Å²) in [6, 6.07) is 18.6. The largest absolute Gasteiger partial charge is 0.477 e. The molecule has 2 aromatic rings. The van der Waals surface area contributed by atoms with Crippen molar-refractivity contribution >= 4 is 5.91 Å². The van der Waals surface area contributed by atoms with Crippen molar-refractivity contribution in [2.45, 2.75) is 50.0 Å². The van der Waals surface area contributed by atoms with Gasteiger partial charge in [0.25, 0.3) is 5.91 Å². The maximum Gasteiger partial charge on any atom is 0.261 e. The van der Waals surface area contributed by atoms with Gasteiger partial charge in [0, 0.05) is 12.3 Å². The van der Waals surface area contributed by atoms with E-state index in [2.05, 4.69) is 30.3 Å². The highest BCUT2D eigenvalue weighted by atomic mass is 16.5. The summed E-state index contributed by atoms with van der Waals surface area (Å²) in [6.45, 7) is 0. The van der Waals surface area contributed by atoms with Crippen LogP contribution in [-0.4, -0.2) is 11.5 Å². The van der Waals surface area contributed by atoms with Gasteiger partial charge in [0.2, 0.25) is 0 Å². The van der Waals surface area contributed by atoms with Crippen LogP contribution in [0.5, 0.6) is 5.75 Å². The summed E-state index contributed by atoms with van der Waals surface area (Å²) in [5.41, 5.74) is 7.55. The van der Waals surface area contributed by atoms with Crippen LogP contribution in [0, 0.1) is 5.92 Å². The number of amides is 1. The van der Waals surface area contributed by atoms with Crippen LogP contribution in [0.3, 0.4) is 0 Å². The van der Waals surface area contributed by atoms with Gasteiger partial charge in [-0.25, -0.2) is 0 Å². The van der Waals surface area contributed by atoms with Crippen molar-refractivity contribution in [1.82, 2.24) is 0 Å². The third-order valence-electron chi connectivity index (χ3n) is 6.04. The first-order chi connectivity index (χ1) is 12.2. The fraction of sp³-hybridized carbons (Fsp3) is 0.409. The van der Waals surface area contributed by atoms with Gasteiger partial charge in [-0.15, -0.1) is 0 Å². The normalized spacial score (nSPS) is 28.6. The Bertz CT molecular complexity index is 758. The highest BCUT2D eigenvalue weighted by molar-refractivity contribution is 5.85. The molecule has 130 valence electrons. The van der Waals surface area contributed by atoms with Crippen molar-refractivity contribution < 1.29 is 9.53 Å². The molecule has 0 bridgehead atoms. The molecule has 2 aliphatic rings. The average Bonchev–Trinajstić information content (AvgIpc) is 2.68. The Morgan fingerprint density at radius 1 is 1.00 bits per heavy atom. The molecular weight excluding hydrogens is 310 g/mol. The second-order valence-corrected chi connectivity index (χ2v) is 7.37. The molecular formula is C22H25NO2. The van der Waals surface area contributed by atoms with Gasteiger partial charge < -0.3 is 10.5 Å². The molecule has 0 aromatic heterocycles. The molecule has 1 aliphatic heterocycles. The average molecular weight is 335 g/mol. The van der Waals surface area contributed by atoms with Crippen molar-refractivity contribution in [2.75, 3.05) is 0 Å². The lowest BCUT2D eigenvalue weighted by molar-refractivity contribution is -0.143. The molecule has 1 unspecified atom stereocenters. The lowest BCUT2D eigenvalue weighted by atomic mass is 9.65. The summed E-state index contributed by atoms with van der Waals surface area (Å²) in [5, 5.41) is 0. The fourth-order valence-corrected chi connectivity index (χ4v) is 4.78. The predicted molar refractivity (Wildman–Crippen MR) is 98.5 cm³/mol. The zero-order valence-corrected chi connectivity index (χ0v) is 14.5. The van der Waals surface area contributed by atoms with Gasteiger partial charge in [-0.1, -0.05) is 61.4 Å². The molecule has 1 heterocycles. The molecule has 2 N–H and O–H groups in total. The standard InChI is InChI=1S/C22H25NO2/c23-21(24)22(15-14-17-10-4-7-13-20(17)25-22)19-12-6-5-11-18(19)16-8-2-1-3-9-16/h1-4,7-10,13,18-19H,5-6,11-12,14-15H2,(H2,23,24)/t18-,19-,22?/m0/s1. The number of fused-ring (bicyclic) bond motifs is 1. The first-order valence-electron chi connectivity index (χ1n) is 9.32. The number of hydrogen-bond donors (Lipinski definition) is 1. The van der Waals surface area contributed by atoms with Crippen molar-refractivity contribution in [1.29, 1.82) is 0 Å². The highest BCUT2D eigenvalue weighted by Gasteiger charge is 2.52. The maximum atomic E-state index is 12.7. The van der Waals surface area contributed by atoms with E-state index in [0.29, 0.717) is 12.3 Å². The van der Waals surface area contributed by atoms with Gasteiger partial charge in [0.15, 0.2) is 5.60 Å². The minimum absolute atomic E-state index is 0.134. The van der Waals surface area contributed by atoms with E-state index in [1.807, 2.05) is 24.3 Å². The van der Waals surface area contributed by atoms with E-state index in [4.69, 9.17) is 10.5 Å². The van der Waals surface area contributed by atoms with Crippen molar-refractivity contribution in [2.24, 2.45) is 11.7 Å². The number of para-hydroxylation sites is 1. The third-order valence-corrected chi connectivity index (χ3v) is 6.04. The van der Waals surface area contributed by atoms with Gasteiger partial charge >= 0.3 is 0 Å². The Hall–Kier alpha value is -2.29. The number of aryl methyl sites for hydroxylation is 1.